The maximum Gasteiger partial charge on any atom is 0.119 e. The van der Waals surface area contributed by atoms with Gasteiger partial charge < -0.3 is 5.11 Å². The number of para-hydroxylation sites is 1. The van der Waals surface area contributed by atoms with E-state index in [4.69, 9.17) is 0 Å². The second-order valence-corrected chi connectivity index (χ2v) is 7.06. The van der Waals surface area contributed by atoms with E-state index in [1.165, 1.54) is 76.2 Å². The Balaban J connectivity index is 2.86. The molecule has 23 heavy (non-hydrogen) atoms. The van der Waals surface area contributed by atoms with Gasteiger partial charge in [0.05, 0.1) is 0 Å². The van der Waals surface area contributed by atoms with Gasteiger partial charge in [0.15, 0.2) is 0 Å². The molecule has 0 amide bonds. The van der Waals surface area contributed by atoms with E-state index in [0.29, 0.717) is 11.7 Å². The number of unbranched alkanes of at least 4 members (excludes halogenated alkanes) is 5. The van der Waals surface area contributed by atoms with Crippen molar-refractivity contribution in [2.45, 2.75) is 97.3 Å². The molecule has 0 saturated heterocycles. The van der Waals surface area contributed by atoms with Gasteiger partial charge >= 0.3 is 0 Å². The van der Waals surface area contributed by atoms with Crippen LogP contribution in [0, 0.1) is 5.92 Å². The molecule has 1 atom stereocenters. The van der Waals surface area contributed by atoms with Crippen LogP contribution in [0.4, 0.5) is 0 Å². The molecule has 1 rings (SSSR count). The van der Waals surface area contributed by atoms with E-state index >= 15 is 0 Å². The summed E-state index contributed by atoms with van der Waals surface area (Å²) in [7, 11) is 0. The number of phenolic OH excluding ortho intramolecular Hbond substituents is 1. The molecule has 0 aliphatic rings. The molecule has 0 aliphatic heterocycles. The molecule has 0 heterocycles. The van der Waals surface area contributed by atoms with Crippen molar-refractivity contribution in [1.82, 2.24) is 0 Å². The molecule has 0 bridgehead atoms. The standard InChI is InChI=1S/C22H38O/c1-4-7-10-11-16-20(21-17-12-13-18-22(21)23)19(14-8-5-2)15-9-6-3/h12-13,17-20,23H,4-11,14-16H2,1-3H3. The van der Waals surface area contributed by atoms with Crippen LogP contribution in [0.1, 0.15) is 103 Å². The van der Waals surface area contributed by atoms with Crippen LogP contribution in [0.2, 0.25) is 0 Å². The zero-order valence-corrected chi connectivity index (χ0v) is 15.7. The minimum atomic E-state index is 0.506. The van der Waals surface area contributed by atoms with Gasteiger partial charge in [-0.1, -0.05) is 90.3 Å². The first-order valence-corrected chi connectivity index (χ1v) is 10.0. The number of hydrogen-bond acceptors (Lipinski definition) is 1. The number of benzene rings is 1. The van der Waals surface area contributed by atoms with Gasteiger partial charge in [0, 0.05) is 0 Å². The Bertz CT molecular complexity index is 391. The monoisotopic (exact) mass is 318 g/mol. The van der Waals surface area contributed by atoms with E-state index < -0.39 is 0 Å². The largest absolute Gasteiger partial charge is 0.508 e. The van der Waals surface area contributed by atoms with Gasteiger partial charge in [-0.15, -0.1) is 0 Å². The Labute approximate surface area is 144 Å². The van der Waals surface area contributed by atoms with Crippen LogP contribution in [0.5, 0.6) is 5.75 Å². The van der Waals surface area contributed by atoms with Gasteiger partial charge in [0.1, 0.15) is 5.75 Å². The van der Waals surface area contributed by atoms with E-state index in [2.05, 4.69) is 32.9 Å². The molecule has 0 aliphatic carbocycles. The summed E-state index contributed by atoms with van der Waals surface area (Å²) < 4.78 is 0. The summed E-state index contributed by atoms with van der Waals surface area (Å²) in [6.07, 6.45) is 14.3. The first kappa shape index (κ1) is 20.1. The number of aromatic hydroxyl groups is 1. The SMILES string of the molecule is CCCCCCC(c1ccccc1O)C(CCCC)CCCC. The minimum absolute atomic E-state index is 0.506. The van der Waals surface area contributed by atoms with E-state index in [0.717, 1.165) is 5.92 Å². The molecule has 0 fully saturated rings. The highest BCUT2D eigenvalue weighted by Gasteiger charge is 2.24. The fourth-order valence-corrected chi connectivity index (χ4v) is 3.72. The van der Waals surface area contributed by atoms with Crippen molar-refractivity contribution >= 4 is 0 Å². The lowest BCUT2D eigenvalue weighted by atomic mass is 9.77. The Morgan fingerprint density at radius 3 is 1.91 bits per heavy atom. The molecule has 1 aromatic rings. The molecule has 0 radical (unpaired) electrons. The maximum absolute atomic E-state index is 10.4. The average Bonchev–Trinajstić information content (AvgIpc) is 2.57. The Hall–Kier alpha value is -0.980. The van der Waals surface area contributed by atoms with Gasteiger partial charge in [-0.2, -0.15) is 0 Å². The maximum atomic E-state index is 10.4. The number of hydrogen-bond donors (Lipinski definition) is 1. The molecule has 1 heteroatoms. The normalized spacial score (nSPS) is 12.7. The minimum Gasteiger partial charge on any atom is -0.508 e. The van der Waals surface area contributed by atoms with Crippen LogP contribution in [0.3, 0.4) is 0 Å². The molecular formula is C22H38O. The second kappa shape index (κ2) is 12.4. The fourth-order valence-electron chi connectivity index (χ4n) is 3.72. The van der Waals surface area contributed by atoms with E-state index in [1.54, 1.807) is 0 Å². The molecule has 132 valence electrons. The average molecular weight is 319 g/mol. The summed E-state index contributed by atoms with van der Waals surface area (Å²) in [5, 5.41) is 10.4. The van der Waals surface area contributed by atoms with Crippen molar-refractivity contribution in [3.8, 4) is 5.75 Å². The highest BCUT2D eigenvalue weighted by Crippen LogP contribution is 2.40. The van der Waals surface area contributed by atoms with E-state index in [1.807, 2.05) is 12.1 Å². The van der Waals surface area contributed by atoms with Gasteiger partial charge in [-0.25, -0.2) is 0 Å². The first-order valence-electron chi connectivity index (χ1n) is 10.0. The summed E-state index contributed by atoms with van der Waals surface area (Å²) >= 11 is 0. The van der Waals surface area contributed by atoms with Crippen LogP contribution in [0.15, 0.2) is 24.3 Å². The summed E-state index contributed by atoms with van der Waals surface area (Å²) in [5.74, 6) is 1.77. The Kier molecular flexibility index (Phi) is 10.9. The molecule has 1 unspecified atom stereocenters. The molecule has 0 saturated carbocycles. The van der Waals surface area contributed by atoms with Crippen molar-refractivity contribution in [3.63, 3.8) is 0 Å². The summed E-state index contributed by atoms with van der Waals surface area (Å²) in [6, 6.07) is 8.06. The molecule has 1 N–H and O–H groups in total. The lowest BCUT2D eigenvalue weighted by Gasteiger charge is -2.28. The summed E-state index contributed by atoms with van der Waals surface area (Å²) in [4.78, 5) is 0. The van der Waals surface area contributed by atoms with Crippen LogP contribution in [0.25, 0.3) is 0 Å². The van der Waals surface area contributed by atoms with Crippen molar-refractivity contribution in [3.05, 3.63) is 29.8 Å². The summed E-state index contributed by atoms with van der Waals surface area (Å²) in [6.45, 7) is 6.84. The van der Waals surface area contributed by atoms with Crippen molar-refractivity contribution in [2.75, 3.05) is 0 Å². The molecular weight excluding hydrogens is 280 g/mol. The molecule has 0 spiro atoms. The quantitative estimate of drug-likeness (QED) is 0.375. The second-order valence-electron chi connectivity index (χ2n) is 7.06. The molecule has 0 aromatic heterocycles. The predicted molar refractivity (Wildman–Crippen MR) is 102 cm³/mol. The number of rotatable bonds is 13. The van der Waals surface area contributed by atoms with Crippen LogP contribution >= 0.6 is 0 Å². The highest BCUT2D eigenvalue weighted by molar-refractivity contribution is 5.35. The van der Waals surface area contributed by atoms with Gasteiger partial charge in [-0.3, -0.25) is 0 Å². The topological polar surface area (TPSA) is 20.2 Å². The Morgan fingerprint density at radius 2 is 1.35 bits per heavy atom. The zero-order valence-electron chi connectivity index (χ0n) is 15.7. The third kappa shape index (κ3) is 7.42. The molecule has 1 nitrogen and oxygen atoms in total. The predicted octanol–water partition coefficient (Wildman–Crippen LogP) is 7.44. The van der Waals surface area contributed by atoms with Gasteiger partial charge in [-0.05, 0) is 42.7 Å². The molecule has 1 aromatic carbocycles. The van der Waals surface area contributed by atoms with Crippen LogP contribution in [-0.2, 0) is 0 Å². The smallest absolute Gasteiger partial charge is 0.119 e. The Morgan fingerprint density at radius 1 is 0.739 bits per heavy atom. The van der Waals surface area contributed by atoms with Crippen LogP contribution < -0.4 is 0 Å². The van der Waals surface area contributed by atoms with Crippen molar-refractivity contribution in [2.24, 2.45) is 5.92 Å². The number of phenols is 1. The lowest BCUT2D eigenvalue weighted by molar-refractivity contribution is 0.320. The van der Waals surface area contributed by atoms with Gasteiger partial charge in [0.25, 0.3) is 0 Å². The van der Waals surface area contributed by atoms with Crippen molar-refractivity contribution in [1.29, 1.82) is 0 Å². The zero-order chi connectivity index (χ0) is 16.9. The van der Waals surface area contributed by atoms with E-state index in [9.17, 15) is 5.11 Å². The van der Waals surface area contributed by atoms with Crippen LogP contribution in [-0.4, -0.2) is 5.11 Å². The highest BCUT2D eigenvalue weighted by atomic mass is 16.3. The van der Waals surface area contributed by atoms with E-state index in [-0.39, 0.29) is 0 Å². The summed E-state index contributed by atoms with van der Waals surface area (Å²) in [5.41, 5.74) is 1.20. The van der Waals surface area contributed by atoms with Gasteiger partial charge in [0.2, 0.25) is 0 Å². The third-order valence-corrected chi connectivity index (χ3v) is 5.13. The first-order chi connectivity index (χ1) is 11.2. The fraction of sp³-hybridized carbons (Fsp3) is 0.727. The van der Waals surface area contributed by atoms with Crippen molar-refractivity contribution < 1.29 is 5.11 Å². The lowest BCUT2D eigenvalue weighted by Crippen LogP contribution is -2.14. The third-order valence-electron chi connectivity index (χ3n) is 5.13.